The highest BCUT2D eigenvalue weighted by Crippen LogP contribution is 2.41. The number of aliphatic hydroxyl groups is 1. The largest absolute Gasteiger partial charge is 0.497 e. The van der Waals surface area contributed by atoms with E-state index in [1.54, 1.807) is 48.5 Å². The Balaban J connectivity index is 1.47. The number of halogens is 2. The summed E-state index contributed by atoms with van der Waals surface area (Å²) >= 11 is 0. The standard InChI is InChI=1S/C22H23F2N3O3/c1-30-17-8-7-16-13-27(26-18(16)11-17)22(24)10-9-15(19(23)20(22)28)12-25-21(29)14-5-3-2-4-6-14/h2-8,11,13,15,19-20,28H,9-10,12H2,1H3,(H,25,29)/t15-,19-,20-,22+/m1/s1. The predicted octanol–water partition coefficient (Wildman–Crippen LogP) is 3.21. The molecule has 1 heterocycles. The quantitative estimate of drug-likeness (QED) is 0.671. The molecule has 1 amide bonds. The third-order valence-electron chi connectivity index (χ3n) is 5.73. The van der Waals surface area contributed by atoms with Crippen molar-refractivity contribution in [3.63, 3.8) is 0 Å². The first kappa shape index (κ1) is 20.3. The maximum Gasteiger partial charge on any atom is 0.251 e. The van der Waals surface area contributed by atoms with Gasteiger partial charge < -0.3 is 15.2 Å². The minimum absolute atomic E-state index is 0.0142. The van der Waals surface area contributed by atoms with E-state index in [9.17, 15) is 14.3 Å². The number of nitrogens with zero attached hydrogens (tertiary/aromatic N) is 2. The van der Waals surface area contributed by atoms with E-state index in [-0.39, 0.29) is 25.3 Å². The van der Waals surface area contributed by atoms with E-state index < -0.39 is 24.0 Å². The van der Waals surface area contributed by atoms with Crippen LogP contribution in [0.4, 0.5) is 8.78 Å². The second-order valence-corrected chi connectivity index (χ2v) is 7.58. The fraction of sp³-hybridized carbons (Fsp3) is 0.364. The molecule has 0 radical (unpaired) electrons. The maximum atomic E-state index is 15.7. The van der Waals surface area contributed by atoms with Crippen LogP contribution in [-0.4, -0.2) is 46.7 Å². The van der Waals surface area contributed by atoms with Crippen molar-refractivity contribution < 1.29 is 23.4 Å². The first-order valence-corrected chi connectivity index (χ1v) is 9.80. The van der Waals surface area contributed by atoms with Crippen LogP contribution in [0, 0.1) is 5.92 Å². The molecule has 0 saturated heterocycles. The average molecular weight is 415 g/mol. The van der Waals surface area contributed by atoms with Crippen LogP contribution in [0.25, 0.3) is 10.9 Å². The number of alkyl halides is 2. The number of benzene rings is 2. The fourth-order valence-electron chi connectivity index (χ4n) is 3.89. The van der Waals surface area contributed by atoms with E-state index in [1.807, 2.05) is 0 Å². The van der Waals surface area contributed by atoms with E-state index in [1.165, 1.54) is 13.3 Å². The molecule has 0 bridgehead atoms. The molecule has 0 aliphatic heterocycles. The van der Waals surface area contributed by atoms with Crippen LogP contribution in [0.5, 0.6) is 5.75 Å². The zero-order valence-electron chi connectivity index (χ0n) is 16.5. The molecular weight excluding hydrogens is 392 g/mol. The Kier molecular flexibility index (Phi) is 5.42. The number of aliphatic hydroxyl groups excluding tert-OH is 1. The summed E-state index contributed by atoms with van der Waals surface area (Å²) in [4.78, 5) is 12.2. The minimum atomic E-state index is -2.37. The maximum absolute atomic E-state index is 15.7. The van der Waals surface area contributed by atoms with E-state index in [2.05, 4.69) is 10.4 Å². The lowest BCUT2D eigenvalue weighted by atomic mass is 9.80. The highest BCUT2D eigenvalue weighted by atomic mass is 19.2. The topological polar surface area (TPSA) is 76.4 Å². The number of carbonyl (C=O) groups excluding carboxylic acids is 1. The van der Waals surface area contributed by atoms with Crippen molar-refractivity contribution in [2.75, 3.05) is 13.7 Å². The average Bonchev–Trinajstić information content (AvgIpc) is 3.21. The number of carbonyl (C=O) groups is 1. The molecule has 0 spiro atoms. The van der Waals surface area contributed by atoms with Crippen molar-refractivity contribution in [3.8, 4) is 5.75 Å². The lowest BCUT2D eigenvalue weighted by molar-refractivity contribution is -0.153. The van der Waals surface area contributed by atoms with E-state index in [0.29, 0.717) is 22.2 Å². The van der Waals surface area contributed by atoms with Gasteiger partial charge in [-0.25, -0.2) is 13.5 Å². The van der Waals surface area contributed by atoms with Crippen molar-refractivity contribution in [2.24, 2.45) is 5.92 Å². The lowest BCUT2D eigenvalue weighted by Gasteiger charge is -2.40. The molecule has 8 heteroatoms. The first-order chi connectivity index (χ1) is 14.4. The van der Waals surface area contributed by atoms with Gasteiger partial charge in [-0.3, -0.25) is 4.79 Å². The zero-order chi connectivity index (χ0) is 21.3. The lowest BCUT2D eigenvalue weighted by Crippen LogP contribution is -2.54. The van der Waals surface area contributed by atoms with Crippen LogP contribution in [0.15, 0.2) is 54.7 Å². The number of amides is 1. The molecule has 0 unspecified atom stereocenters. The summed E-state index contributed by atoms with van der Waals surface area (Å²) in [7, 11) is 1.52. The number of fused-ring (bicyclic) bond motifs is 1. The van der Waals surface area contributed by atoms with Crippen molar-refractivity contribution in [3.05, 3.63) is 60.3 Å². The van der Waals surface area contributed by atoms with Crippen molar-refractivity contribution in [1.29, 1.82) is 0 Å². The Labute approximate surface area is 172 Å². The molecule has 1 fully saturated rings. The first-order valence-electron chi connectivity index (χ1n) is 9.80. The molecule has 2 N–H and O–H groups in total. The van der Waals surface area contributed by atoms with E-state index in [0.717, 1.165) is 4.68 Å². The van der Waals surface area contributed by atoms with Gasteiger partial charge in [0.15, 0.2) is 0 Å². The number of methoxy groups -OCH3 is 1. The van der Waals surface area contributed by atoms with E-state index >= 15 is 4.39 Å². The summed E-state index contributed by atoms with van der Waals surface area (Å²) in [6.45, 7) is 0.0142. The number of hydrogen-bond acceptors (Lipinski definition) is 4. The molecule has 4 atom stereocenters. The number of rotatable bonds is 5. The van der Waals surface area contributed by atoms with Gasteiger partial charge in [-0.05, 0) is 30.7 Å². The Bertz CT molecular complexity index is 1040. The summed E-state index contributed by atoms with van der Waals surface area (Å²) in [6.07, 6.45) is -2.25. The molecule has 1 saturated carbocycles. The van der Waals surface area contributed by atoms with Crippen LogP contribution in [-0.2, 0) is 5.79 Å². The predicted molar refractivity (Wildman–Crippen MR) is 108 cm³/mol. The second kappa shape index (κ2) is 8.02. The van der Waals surface area contributed by atoms with Crippen LogP contribution in [0.3, 0.4) is 0 Å². The van der Waals surface area contributed by atoms with Gasteiger partial charge in [0.25, 0.3) is 5.91 Å². The Morgan fingerprint density at radius 1 is 1.33 bits per heavy atom. The zero-order valence-corrected chi connectivity index (χ0v) is 16.5. The van der Waals surface area contributed by atoms with Gasteiger partial charge in [0.1, 0.15) is 18.0 Å². The van der Waals surface area contributed by atoms with Gasteiger partial charge in [0.2, 0.25) is 5.79 Å². The number of hydrogen-bond donors (Lipinski definition) is 2. The number of nitrogens with one attached hydrogen (secondary N) is 1. The third kappa shape index (κ3) is 3.63. The second-order valence-electron chi connectivity index (χ2n) is 7.58. The molecule has 1 aliphatic rings. The molecule has 2 aromatic carbocycles. The molecule has 3 aromatic rings. The number of aromatic nitrogens is 2. The van der Waals surface area contributed by atoms with Crippen LogP contribution in [0.2, 0.25) is 0 Å². The molecule has 1 aliphatic carbocycles. The summed E-state index contributed by atoms with van der Waals surface area (Å²) in [5.74, 6) is -2.82. The minimum Gasteiger partial charge on any atom is -0.497 e. The van der Waals surface area contributed by atoms with Crippen LogP contribution >= 0.6 is 0 Å². The van der Waals surface area contributed by atoms with Gasteiger partial charge in [0.05, 0.1) is 12.6 Å². The van der Waals surface area contributed by atoms with Crippen molar-refractivity contribution in [2.45, 2.75) is 30.9 Å². The van der Waals surface area contributed by atoms with Crippen molar-refractivity contribution >= 4 is 16.8 Å². The van der Waals surface area contributed by atoms with Gasteiger partial charge in [-0.2, -0.15) is 5.10 Å². The Morgan fingerprint density at radius 3 is 2.83 bits per heavy atom. The van der Waals surface area contributed by atoms with Gasteiger partial charge in [-0.15, -0.1) is 0 Å². The fourth-order valence-corrected chi connectivity index (χ4v) is 3.89. The molecule has 1 aromatic heterocycles. The molecule has 30 heavy (non-hydrogen) atoms. The van der Waals surface area contributed by atoms with Crippen molar-refractivity contribution in [1.82, 2.24) is 15.1 Å². The van der Waals surface area contributed by atoms with E-state index in [4.69, 9.17) is 4.74 Å². The Morgan fingerprint density at radius 2 is 2.10 bits per heavy atom. The van der Waals surface area contributed by atoms with Gasteiger partial charge >= 0.3 is 0 Å². The number of ether oxygens (including phenoxy) is 1. The monoisotopic (exact) mass is 415 g/mol. The van der Waals surface area contributed by atoms with Crippen LogP contribution in [0.1, 0.15) is 23.2 Å². The molecular formula is C22H23F2N3O3. The SMILES string of the molecule is COc1ccc2cn([C@@]3(F)CC[C@H](CNC(=O)c4ccccc4)[C@@H](F)[C@H]3O)nc2c1. The summed E-state index contributed by atoms with van der Waals surface area (Å²) in [5, 5.41) is 18.0. The Hall–Kier alpha value is -3.00. The highest BCUT2D eigenvalue weighted by molar-refractivity contribution is 5.94. The van der Waals surface area contributed by atoms with Gasteiger partial charge in [0, 0.05) is 42.1 Å². The molecule has 6 nitrogen and oxygen atoms in total. The summed E-state index contributed by atoms with van der Waals surface area (Å²) in [6, 6.07) is 13.7. The van der Waals surface area contributed by atoms with Gasteiger partial charge in [-0.1, -0.05) is 18.2 Å². The normalized spacial score (nSPS) is 26.5. The highest BCUT2D eigenvalue weighted by Gasteiger charge is 2.52. The third-order valence-corrected chi connectivity index (χ3v) is 5.73. The van der Waals surface area contributed by atoms with Crippen LogP contribution < -0.4 is 10.1 Å². The smallest absolute Gasteiger partial charge is 0.251 e. The summed E-state index contributed by atoms with van der Waals surface area (Å²) < 4.78 is 36.8. The molecule has 4 rings (SSSR count). The summed E-state index contributed by atoms with van der Waals surface area (Å²) in [5.41, 5.74) is 0.953. The molecule has 158 valence electrons.